The van der Waals surface area contributed by atoms with Crippen LogP contribution >= 0.6 is 0 Å². The van der Waals surface area contributed by atoms with Crippen LogP contribution in [0.1, 0.15) is 42.5 Å². The van der Waals surface area contributed by atoms with Gasteiger partial charge in [0.15, 0.2) is 0 Å². The molecule has 2 aliphatic rings. The molecule has 0 spiro atoms. The normalized spacial score (nSPS) is 19.4. The first kappa shape index (κ1) is 13.9. The maximum atomic E-state index is 12.2. The Hall–Kier alpha value is -2.11. The Labute approximate surface area is 122 Å². The Morgan fingerprint density at radius 3 is 2.67 bits per heavy atom. The fourth-order valence-corrected chi connectivity index (χ4v) is 2.31. The van der Waals surface area contributed by atoms with E-state index in [9.17, 15) is 9.59 Å². The second-order valence-electron chi connectivity index (χ2n) is 5.68. The van der Waals surface area contributed by atoms with Crippen LogP contribution < -0.4 is 10.1 Å². The molecule has 1 unspecified atom stereocenters. The van der Waals surface area contributed by atoms with Crippen LogP contribution in [0.2, 0.25) is 0 Å². The van der Waals surface area contributed by atoms with E-state index in [0.29, 0.717) is 11.4 Å². The number of aliphatic carboxylic acids is 1. The van der Waals surface area contributed by atoms with E-state index in [1.165, 1.54) is 6.20 Å². The molecule has 1 amide bonds. The van der Waals surface area contributed by atoms with Crippen molar-refractivity contribution in [2.75, 3.05) is 0 Å². The van der Waals surface area contributed by atoms with Crippen LogP contribution in [0.25, 0.3) is 0 Å². The zero-order chi connectivity index (χ0) is 14.8. The number of carbonyl (C=O) groups is 2. The first-order chi connectivity index (χ1) is 10.1. The molecule has 0 bridgehead atoms. The van der Waals surface area contributed by atoms with Crippen LogP contribution in [0.4, 0.5) is 0 Å². The van der Waals surface area contributed by atoms with Crippen molar-refractivity contribution in [2.45, 2.75) is 44.2 Å². The summed E-state index contributed by atoms with van der Waals surface area (Å²) in [5.74, 6) is -0.898. The fraction of sp³-hybridized carbons (Fsp3) is 0.533. The molecule has 21 heavy (non-hydrogen) atoms. The number of nitrogens with zero attached hydrogens (tertiary/aromatic N) is 1. The molecule has 2 aliphatic carbocycles. The van der Waals surface area contributed by atoms with Crippen molar-refractivity contribution < 1.29 is 19.4 Å². The van der Waals surface area contributed by atoms with Crippen molar-refractivity contribution in [3.05, 3.63) is 23.9 Å². The van der Waals surface area contributed by atoms with E-state index >= 15 is 0 Å². The fourth-order valence-electron chi connectivity index (χ4n) is 2.31. The predicted molar refractivity (Wildman–Crippen MR) is 74.1 cm³/mol. The molecule has 3 rings (SSSR count). The van der Waals surface area contributed by atoms with Crippen molar-refractivity contribution in [3.63, 3.8) is 0 Å². The molecule has 1 aromatic rings. The summed E-state index contributed by atoms with van der Waals surface area (Å²) in [7, 11) is 0. The third-order valence-corrected chi connectivity index (χ3v) is 3.98. The summed E-state index contributed by atoms with van der Waals surface area (Å²) in [6, 6.07) is 2.33. The number of ether oxygens (including phenoxy) is 1. The third kappa shape index (κ3) is 3.32. The number of carbonyl (C=O) groups excluding carboxylic acids is 1. The molecule has 0 aromatic carbocycles. The summed E-state index contributed by atoms with van der Waals surface area (Å²) < 4.78 is 5.65. The average molecular weight is 290 g/mol. The number of amides is 1. The molecule has 0 saturated heterocycles. The van der Waals surface area contributed by atoms with Crippen LogP contribution in [-0.2, 0) is 4.79 Å². The Bertz CT molecular complexity index is 552. The van der Waals surface area contributed by atoms with E-state index in [1.54, 1.807) is 12.1 Å². The molecule has 0 aliphatic heterocycles. The lowest BCUT2D eigenvalue weighted by Crippen LogP contribution is -2.42. The Morgan fingerprint density at radius 2 is 2.10 bits per heavy atom. The van der Waals surface area contributed by atoms with Gasteiger partial charge in [-0.15, -0.1) is 0 Å². The third-order valence-electron chi connectivity index (χ3n) is 3.98. The van der Waals surface area contributed by atoms with Crippen molar-refractivity contribution in [1.29, 1.82) is 0 Å². The maximum absolute atomic E-state index is 12.2. The van der Waals surface area contributed by atoms with E-state index in [4.69, 9.17) is 9.84 Å². The minimum Gasteiger partial charge on any atom is -0.480 e. The summed E-state index contributed by atoms with van der Waals surface area (Å²) in [4.78, 5) is 27.4. The number of hydrogen-bond acceptors (Lipinski definition) is 4. The monoisotopic (exact) mass is 290 g/mol. The Balaban J connectivity index is 1.65. The zero-order valence-electron chi connectivity index (χ0n) is 11.6. The first-order valence-corrected chi connectivity index (χ1v) is 7.30. The molecule has 6 nitrogen and oxygen atoms in total. The second-order valence-corrected chi connectivity index (χ2v) is 5.68. The lowest BCUT2D eigenvalue weighted by molar-refractivity contribution is -0.139. The second kappa shape index (κ2) is 5.71. The van der Waals surface area contributed by atoms with Crippen molar-refractivity contribution >= 4 is 11.9 Å². The predicted octanol–water partition coefficient (Wildman–Crippen LogP) is 1.61. The largest absolute Gasteiger partial charge is 0.480 e. The number of carboxylic acids is 1. The van der Waals surface area contributed by atoms with Crippen molar-refractivity contribution in [1.82, 2.24) is 10.3 Å². The van der Waals surface area contributed by atoms with Gasteiger partial charge in [0.2, 0.25) is 5.88 Å². The minimum absolute atomic E-state index is 0.0546. The standard InChI is InChI=1S/C15H18N2O4/c18-14(17-13(15(19)20)9-4-5-9)10-6-7-16-12(8-10)21-11-2-1-3-11/h6-9,11,13H,1-5H2,(H,17,18)(H,19,20). The summed E-state index contributed by atoms with van der Waals surface area (Å²) in [5, 5.41) is 11.7. The van der Waals surface area contributed by atoms with E-state index in [2.05, 4.69) is 10.3 Å². The summed E-state index contributed by atoms with van der Waals surface area (Å²) in [6.45, 7) is 0. The van der Waals surface area contributed by atoms with Gasteiger partial charge in [-0.05, 0) is 44.1 Å². The number of pyridine rings is 1. The van der Waals surface area contributed by atoms with Gasteiger partial charge >= 0.3 is 5.97 Å². The van der Waals surface area contributed by atoms with Crippen LogP contribution in [-0.4, -0.2) is 34.1 Å². The number of aromatic nitrogens is 1. The van der Waals surface area contributed by atoms with E-state index in [-0.39, 0.29) is 12.0 Å². The molecule has 2 fully saturated rings. The van der Waals surface area contributed by atoms with Crippen molar-refractivity contribution in [2.24, 2.45) is 5.92 Å². The molecule has 1 heterocycles. The van der Waals surface area contributed by atoms with Crippen LogP contribution in [0.3, 0.4) is 0 Å². The molecule has 1 atom stereocenters. The molecule has 2 N–H and O–H groups in total. The zero-order valence-corrected chi connectivity index (χ0v) is 11.6. The van der Waals surface area contributed by atoms with E-state index in [0.717, 1.165) is 32.1 Å². The highest BCUT2D eigenvalue weighted by molar-refractivity contribution is 5.96. The highest BCUT2D eigenvalue weighted by Gasteiger charge is 2.37. The van der Waals surface area contributed by atoms with Crippen LogP contribution in [0.15, 0.2) is 18.3 Å². The molecule has 0 radical (unpaired) electrons. The first-order valence-electron chi connectivity index (χ1n) is 7.30. The van der Waals surface area contributed by atoms with Gasteiger partial charge in [-0.3, -0.25) is 4.79 Å². The molecular weight excluding hydrogens is 272 g/mol. The molecule has 112 valence electrons. The van der Waals surface area contributed by atoms with Gasteiger partial charge < -0.3 is 15.2 Å². The smallest absolute Gasteiger partial charge is 0.326 e. The number of carboxylic acid groups (broad SMARTS) is 1. The number of rotatable bonds is 6. The molecule has 2 saturated carbocycles. The molecule has 6 heteroatoms. The van der Waals surface area contributed by atoms with E-state index < -0.39 is 17.9 Å². The van der Waals surface area contributed by atoms with Gasteiger partial charge in [0.05, 0.1) is 0 Å². The van der Waals surface area contributed by atoms with Crippen molar-refractivity contribution in [3.8, 4) is 5.88 Å². The van der Waals surface area contributed by atoms with Crippen LogP contribution in [0.5, 0.6) is 5.88 Å². The highest BCUT2D eigenvalue weighted by Crippen LogP contribution is 2.33. The lowest BCUT2D eigenvalue weighted by Gasteiger charge is -2.25. The van der Waals surface area contributed by atoms with Gasteiger partial charge in [-0.1, -0.05) is 0 Å². The number of nitrogens with one attached hydrogen (secondary N) is 1. The summed E-state index contributed by atoms with van der Waals surface area (Å²) in [6.07, 6.45) is 6.59. The molecule has 1 aromatic heterocycles. The topological polar surface area (TPSA) is 88.5 Å². The van der Waals surface area contributed by atoms with Gasteiger partial charge in [-0.25, -0.2) is 9.78 Å². The average Bonchev–Trinajstić information content (AvgIpc) is 3.24. The van der Waals surface area contributed by atoms with Crippen LogP contribution in [0, 0.1) is 5.92 Å². The summed E-state index contributed by atoms with van der Waals surface area (Å²) in [5.41, 5.74) is 0.381. The minimum atomic E-state index is -0.981. The molecular formula is C15H18N2O4. The number of hydrogen-bond donors (Lipinski definition) is 2. The summed E-state index contributed by atoms with van der Waals surface area (Å²) >= 11 is 0. The quantitative estimate of drug-likeness (QED) is 0.831. The Kier molecular flexibility index (Phi) is 3.77. The maximum Gasteiger partial charge on any atom is 0.326 e. The van der Waals surface area contributed by atoms with Gasteiger partial charge in [0, 0.05) is 17.8 Å². The van der Waals surface area contributed by atoms with Gasteiger partial charge in [0.1, 0.15) is 12.1 Å². The van der Waals surface area contributed by atoms with Gasteiger partial charge in [-0.2, -0.15) is 0 Å². The SMILES string of the molecule is O=C(NC(C(=O)O)C1CC1)c1ccnc(OC2CCC2)c1. The lowest BCUT2D eigenvalue weighted by atomic mass is 9.96. The van der Waals surface area contributed by atoms with Gasteiger partial charge in [0.25, 0.3) is 5.91 Å². The van der Waals surface area contributed by atoms with E-state index in [1.807, 2.05) is 0 Å². The Morgan fingerprint density at radius 1 is 1.33 bits per heavy atom. The highest BCUT2D eigenvalue weighted by atomic mass is 16.5.